The maximum Gasteiger partial charge on any atom is 0.126 e. The molecule has 1 nitrogen and oxygen atoms in total. The molecule has 2 rings (SSSR count). The Morgan fingerprint density at radius 2 is 2.00 bits per heavy atom. The quantitative estimate of drug-likeness (QED) is 0.805. The number of hydrogen-bond donors (Lipinski definition) is 1. The Kier molecular flexibility index (Phi) is 3.87. The predicted molar refractivity (Wildman–Crippen MR) is 77.6 cm³/mol. The number of anilines is 1. The molecule has 0 aliphatic rings. The Morgan fingerprint density at radius 1 is 1.21 bits per heavy atom. The summed E-state index contributed by atoms with van der Waals surface area (Å²) in [4.78, 5) is 0. The molecule has 2 heteroatoms. The first-order valence-corrected chi connectivity index (χ1v) is 6.19. The van der Waals surface area contributed by atoms with Gasteiger partial charge in [-0.05, 0) is 49.2 Å². The summed E-state index contributed by atoms with van der Waals surface area (Å²) in [6.07, 6.45) is 5.37. The van der Waals surface area contributed by atoms with Crippen LogP contribution in [-0.2, 0) is 0 Å². The first-order valence-electron chi connectivity index (χ1n) is 6.19. The molecular weight excluding hydrogens is 237 g/mol. The van der Waals surface area contributed by atoms with Gasteiger partial charge in [-0.15, -0.1) is 6.42 Å². The third-order valence-corrected chi connectivity index (χ3v) is 3.11. The summed E-state index contributed by atoms with van der Waals surface area (Å²) in [6.45, 7) is 3.75. The molecule has 0 aliphatic heterocycles. The lowest BCUT2D eigenvalue weighted by Gasteiger charge is -2.16. The van der Waals surface area contributed by atoms with Gasteiger partial charge in [-0.3, -0.25) is 0 Å². The number of halogens is 1. The largest absolute Gasteiger partial charge is 0.378 e. The molecule has 0 heterocycles. The van der Waals surface area contributed by atoms with Crippen LogP contribution in [0.4, 0.5) is 10.1 Å². The molecular formula is C17H16FN. The van der Waals surface area contributed by atoms with Crippen LogP contribution in [-0.4, -0.2) is 0 Å². The minimum Gasteiger partial charge on any atom is -0.378 e. The van der Waals surface area contributed by atoms with E-state index in [1.54, 1.807) is 19.1 Å². The van der Waals surface area contributed by atoms with Crippen molar-refractivity contribution in [2.24, 2.45) is 0 Å². The van der Waals surface area contributed by atoms with E-state index in [0.717, 1.165) is 16.8 Å². The van der Waals surface area contributed by atoms with E-state index in [9.17, 15) is 4.39 Å². The van der Waals surface area contributed by atoms with Gasteiger partial charge < -0.3 is 5.32 Å². The van der Waals surface area contributed by atoms with Crippen LogP contribution in [0.3, 0.4) is 0 Å². The van der Waals surface area contributed by atoms with Gasteiger partial charge in [-0.2, -0.15) is 0 Å². The molecule has 0 spiro atoms. The fourth-order valence-electron chi connectivity index (χ4n) is 1.91. The molecule has 2 aromatic rings. The maximum absolute atomic E-state index is 13.5. The van der Waals surface area contributed by atoms with Crippen LogP contribution >= 0.6 is 0 Å². The Labute approximate surface area is 113 Å². The van der Waals surface area contributed by atoms with Crippen LogP contribution in [0, 0.1) is 25.1 Å². The molecule has 0 saturated carbocycles. The molecule has 19 heavy (non-hydrogen) atoms. The van der Waals surface area contributed by atoms with Gasteiger partial charge in [-0.25, -0.2) is 4.39 Å². The van der Waals surface area contributed by atoms with E-state index in [4.69, 9.17) is 6.42 Å². The summed E-state index contributed by atoms with van der Waals surface area (Å²) in [5, 5.41) is 3.32. The predicted octanol–water partition coefficient (Wildman–Crippen LogP) is 4.29. The Balaban J connectivity index is 2.18. The fourth-order valence-corrected chi connectivity index (χ4v) is 1.91. The van der Waals surface area contributed by atoms with Gasteiger partial charge in [0.2, 0.25) is 0 Å². The molecule has 1 atom stereocenters. The highest BCUT2D eigenvalue weighted by molar-refractivity contribution is 5.51. The normalized spacial score (nSPS) is 11.7. The van der Waals surface area contributed by atoms with Crippen LogP contribution in [0.25, 0.3) is 0 Å². The van der Waals surface area contributed by atoms with E-state index >= 15 is 0 Å². The number of terminal acetylenes is 1. The van der Waals surface area contributed by atoms with Crippen molar-refractivity contribution < 1.29 is 4.39 Å². The van der Waals surface area contributed by atoms with Gasteiger partial charge in [-0.1, -0.05) is 24.1 Å². The van der Waals surface area contributed by atoms with Crippen LogP contribution in [0.5, 0.6) is 0 Å². The summed E-state index contributed by atoms with van der Waals surface area (Å²) < 4.78 is 13.5. The fraction of sp³-hybridized carbons (Fsp3) is 0.176. The zero-order chi connectivity index (χ0) is 13.8. The highest BCUT2D eigenvalue weighted by Gasteiger charge is 2.07. The molecule has 0 amide bonds. The molecule has 2 aromatic carbocycles. The van der Waals surface area contributed by atoms with Crippen molar-refractivity contribution in [2.45, 2.75) is 19.9 Å². The minimum absolute atomic E-state index is 0.0168. The van der Waals surface area contributed by atoms with Crippen LogP contribution in [0.2, 0.25) is 0 Å². The lowest BCUT2D eigenvalue weighted by Crippen LogP contribution is -2.07. The average Bonchev–Trinajstić information content (AvgIpc) is 2.42. The number of aryl methyl sites for hydroxylation is 1. The minimum atomic E-state index is -0.177. The Hall–Kier alpha value is -2.27. The monoisotopic (exact) mass is 253 g/mol. The number of benzene rings is 2. The van der Waals surface area contributed by atoms with Crippen LogP contribution in [0.15, 0.2) is 42.5 Å². The topological polar surface area (TPSA) is 12.0 Å². The summed E-state index contributed by atoms with van der Waals surface area (Å²) >= 11 is 0. The molecule has 0 radical (unpaired) electrons. The second-order valence-corrected chi connectivity index (χ2v) is 4.60. The highest BCUT2D eigenvalue weighted by atomic mass is 19.1. The zero-order valence-electron chi connectivity index (χ0n) is 11.1. The van der Waals surface area contributed by atoms with Crippen LogP contribution < -0.4 is 5.32 Å². The van der Waals surface area contributed by atoms with Crippen molar-refractivity contribution in [2.75, 3.05) is 5.32 Å². The van der Waals surface area contributed by atoms with Gasteiger partial charge in [0.05, 0.1) is 0 Å². The molecule has 0 aromatic heterocycles. The molecule has 0 saturated heterocycles. The van der Waals surface area contributed by atoms with E-state index in [-0.39, 0.29) is 11.9 Å². The highest BCUT2D eigenvalue weighted by Crippen LogP contribution is 2.21. The number of nitrogens with one attached hydrogen (secondary N) is 1. The van der Waals surface area contributed by atoms with Gasteiger partial charge in [0.25, 0.3) is 0 Å². The lowest BCUT2D eigenvalue weighted by atomic mass is 10.1. The SMILES string of the molecule is C#Cc1cccc(NC(C)c2ccc(C)c(F)c2)c1. The van der Waals surface area contributed by atoms with Crippen molar-refractivity contribution >= 4 is 5.69 Å². The van der Waals surface area contributed by atoms with Gasteiger partial charge >= 0.3 is 0 Å². The van der Waals surface area contributed by atoms with Gasteiger partial charge in [0, 0.05) is 17.3 Å². The second-order valence-electron chi connectivity index (χ2n) is 4.60. The Morgan fingerprint density at radius 3 is 2.68 bits per heavy atom. The van der Waals surface area contributed by atoms with Crippen molar-refractivity contribution in [1.82, 2.24) is 0 Å². The summed E-state index contributed by atoms with van der Waals surface area (Å²) in [5.41, 5.74) is 3.33. The van der Waals surface area contributed by atoms with Crippen LogP contribution in [0.1, 0.15) is 29.7 Å². The average molecular weight is 253 g/mol. The summed E-state index contributed by atoms with van der Waals surface area (Å²) in [6, 6.07) is 12.9. The van der Waals surface area contributed by atoms with Crippen molar-refractivity contribution in [3.8, 4) is 12.3 Å². The molecule has 0 bridgehead atoms. The van der Waals surface area contributed by atoms with Gasteiger partial charge in [0.1, 0.15) is 5.82 Å². The first kappa shape index (κ1) is 13.2. The third kappa shape index (κ3) is 3.14. The lowest BCUT2D eigenvalue weighted by molar-refractivity contribution is 0.614. The molecule has 1 unspecified atom stereocenters. The number of hydrogen-bond acceptors (Lipinski definition) is 1. The smallest absolute Gasteiger partial charge is 0.126 e. The molecule has 96 valence electrons. The maximum atomic E-state index is 13.5. The zero-order valence-corrected chi connectivity index (χ0v) is 11.1. The molecule has 0 fully saturated rings. The summed E-state index contributed by atoms with van der Waals surface area (Å²) in [5.74, 6) is 2.42. The van der Waals surface area contributed by atoms with Crippen molar-refractivity contribution in [1.29, 1.82) is 0 Å². The van der Waals surface area contributed by atoms with Crippen molar-refractivity contribution in [3.05, 3.63) is 65.0 Å². The molecule has 0 aliphatic carbocycles. The summed E-state index contributed by atoms with van der Waals surface area (Å²) in [7, 11) is 0. The van der Waals surface area contributed by atoms with E-state index in [2.05, 4.69) is 11.2 Å². The third-order valence-electron chi connectivity index (χ3n) is 3.11. The number of rotatable bonds is 3. The van der Waals surface area contributed by atoms with E-state index < -0.39 is 0 Å². The van der Waals surface area contributed by atoms with E-state index in [0.29, 0.717) is 5.56 Å². The first-order chi connectivity index (χ1) is 9.10. The van der Waals surface area contributed by atoms with E-state index in [1.165, 1.54) is 0 Å². The second kappa shape index (κ2) is 5.58. The van der Waals surface area contributed by atoms with Crippen molar-refractivity contribution in [3.63, 3.8) is 0 Å². The van der Waals surface area contributed by atoms with Gasteiger partial charge in [0.15, 0.2) is 0 Å². The Bertz CT molecular complexity index is 625. The van der Waals surface area contributed by atoms with E-state index in [1.807, 2.05) is 37.3 Å². The standard InChI is InChI=1S/C17H16FN/c1-4-14-6-5-7-16(10-14)19-13(3)15-9-8-12(2)17(18)11-15/h1,5-11,13,19H,2-3H3. The molecule has 1 N–H and O–H groups in total.